The normalized spacial score (nSPS) is 26.1. The molecule has 6 nitrogen and oxygen atoms in total. The van der Waals surface area contributed by atoms with Gasteiger partial charge >= 0.3 is 0 Å². The molecule has 1 unspecified atom stereocenters. The second kappa shape index (κ2) is 8.41. The number of hydrogen-bond acceptors (Lipinski definition) is 6. The van der Waals surface area contributed by atoms with Crippen molar-refractivity contribution in [2.24, 2.45) is 0 Å². The van der Waals surface area contributed by atoms with E-state index < -0.39 is 0 Å². The van der Waals surface area contributed by atoms with Crippen LogP contribution in [-0.2, 0) is 0 Å². The van der Waals surface area contributed by atoms with Crippen LogP contribution in [-0.4, -0.2) is 82.3 Å². The Morgan fingerprint density at radius 2 is 1.85 bits per heavy atom. The number of hydrogen-bond donors (Lipinski definition) is 1. The number of piperazine rings is 1. The van der Waals surface area contributed by atoms with Gasteiger partial charge in [0.2, 0.25) is 0 Å². The Bertz CT molecular complexity index is 612. The van der Waals surface area contributed by atoms with Gasteiger partial charge in [0, 0.05) is 62.0 Å². The van der Waals surface area contributed by atoms with Crippen LogP contribution in [0.4, 0.5) is 5.82 Å². The van der Waals surface area contributed by atoms with Gasteiger partial charge in [-0.05, 0) is 59.0 Å². The van der Waals surface area contributed by atoms with E-state index in [0.717, 1.165) is 31.9 Å². The summed E-state index contributed by atoms with van der Waals surface area (Å²) in [6.07, 6.45) is 7.62. The van der Waals surface area contributed by atoms with Crippen LogP contribution in [0.25, 0.3) is 0 Å². The average molecular weight is 374 g/mol. The quantitative estimate of drug-likeness (QED) is 0.824. The van der Waals surface area contributed by atoms with E-state index in [4.69, 9.17) is 0 Å². The SMILES string of the molecule is CC(C)N1CCC(N2CCN(c3cc(C4CC4)ncn3)CC2CCO)CC1. The van der Waals surface area contributed by atoms with Gasteiger partial charge in [-0.3, -0.25) is 4.90 Å². The van der Waals surface area contributed by atoms with Crippen molar-refractivity contribution in [2.45, 2.75) is 70.0 Å². The van der Waals surface area contributed by atoms with Gasteiger partial charge in [0.1, 0.15) is 12.1 Å². The van der Waals surface area contributed by atoms with E-state index in [1.165, 1.54) is 44.5 Å². The van der Waals surface area contributed by atoms with Crippen molar-refractivity contribution in [3.63, 3.8) is 0 Å². The van der Waals surface area contributed by atoms with E-state index in [9.17, 15) is 5.11 Å². The summed E-state index contributed by atoms with van der Waals surface area (Å²) in [5.41, 5.74) is 1.21. The molecule has 0 aromatic carbocycles. The maximum absolute atomic E-state index is 9.65. The number of nitrogens with zero attached hydrogens (tertiary/aromatic N) is 5. The van der Waals surface area contributed by atoms with Crippen LogP contribution in [0.5, 0.6) is 0 Å². The van der Waals surface area contributed by atoms with Crippen LogP contribution in [0.15, 0.2) is 12.4 Å². The van der Waals surface area contributed by atoms with E-state index >= 15 is 0 Å². The first kappa shape index (κ1) is 19.1. The van der Waals surface area contributed by atoms with E-state index in [-0.39, 0.29) is 6.61 Å². The molecule has 1 aromatic rings. The lowest BCUT2D eigenvalue weighted by Crippen LogP contribution is -2.59. The van der Waals surface area contributed by atoms with Crippen LogP contribution in [0.3, 0.4) is 0 Å². The Balaban J connectivity index is 1.41. The van der Waals surface area contributed by atoms with E-state index in [1.54, 1.807) is 6.33 Å². The number of rotatable bonds is 6. The predicted molar refractivity (Wildman–Crippen MR) is 108 cm³/mol. The number of likely N-dealkylation sites (tertiary alicyclic amines) is 1. The minimum Gasteiger partial charge on any atom is -0.396 e. The van der Waals surface area contributed by atoms with Gasteiger partial charge in [-0.1, -0.05) is 0 Å². The summed E-state index contributed by atoms with van der Waals surface area (Å²) in [4.78, 5) is 16.7. The third-order valence-electron chi connectivity index (χ3n) is 6.68. The lowest BCUT2D eigenvalue weighted by atomic mass is 9.97. The molecule has 1 N–H and O–H groups in total. The monoisotopic (exact) mass is 373 g/mol. The molecule has 27 heavy (non-hydrogen) atoms. The minimum absolute atomic E-state index is 0.261. The number of aliphatic hydroxyl groups excluding tert-OH is 1. The summed E-state index contributed by atoms with van der Waals surface area (Å²) in [6, 6.07) is 3.92. The van der Waals surface area contributed by atoms with Gasteiger partial charge in [-0.25, -0.2) is 9.97 Å². The molecular weight excluding hydrogens is 338 g/mol. The summed E-state index contributed by atoms with van der Waals surface area (Å²) in [5, 5.41) is 9.65. The van der Waals surface area contributed by atoms with Crippen molar-refractivity contribution in [2.75, 3.05) is 44.2 Å². The number of aromatic nitrogens is 2. The average Bonchev–Trinajstić information content (AvgIpc) is 3.54. The van der Waals surface area contributed by atoms with Crippen LogP contribution in [0.1, 0.15) is 57.6 Å². The summed E-state index contributed by atoms with van der Waals surface area (Å²) < 4.78 is 0. The molecule has 1 saturated carbocycles. The molecule has 0 spiro atoms. The highest BCUT2D eigenvalue weighted by Crippen LogP contribution is 2.39. The van der Waals surface area contributed by atoms with Crippen molar-refractivity contribution >= 4 is 5.82 Å². The highest BCUT2D eigenvalue weighted by Gasteiger charge is 2.34. The standard InChI is InChI=1S/C21H35N5O/c1-16(2)24-8-5-18(6-9-24)26-11-10-25(14-19(26)7-12-27)21-13-20(17-3-4-17)22-15-23-21/h13,15-19,27H,3-12,14H2,1-2H3. The van der Waals surface area contributed by atoms with Crippen molar-refractivity contribution in [1.82, 2.24) is 19.8 Å². The fraction of sp³-hybridized carbons (Fsp3) is 0.810. The largest absolute Gasteiger partial charge is 0.396 e. The molecule has 0 amide bonds. The molecule has 2 saturated heterocycles. The third kappa shape index (κ3) is 4.44. The lowest BCUT2D eigenvalue weighted by Gasteiger charge is -2.48. The number of aliphatic hydroxyl groups is 1. The van der Waals surface area contributed by atoms with Crippen molar-refractivity contribution < 1.29 is 5.11 Å². The minimum atomic E-state index is 0.261. The molecule has 1 aliphatic carbocycles. The van der Waals surface area contributed by atoms with Crippen molar-refractivity contribution in [1.29, 1.82) is 0 Å². The van der Waals surface area contributed by atoms with Gasteiger partial charge in [-0.15, -0.1) is 0 Å². The van der Waals surface area contributed by atoms with Crippen molar-refractivity contribution in [3.05, 3.63) is 18.1 Å². The van der Waals surface area contributed by atoms with E-state index in [2.05, 4.69) is 44.6 Å². The molecule has 1 atom stereocenters. The summed E-state index contributed by atoms with van der Waals surface area (Å²) >= 11 is 0. The molecule has 6 heteroatoms. The smallest absolute Gasteiger partial charge is 0.132 e. The first-order chi connectivity index (χ1) is 13.2. The summed E-state index contributed by atoms with van der Waals surface area (Å²) in [5.74, 6) is 1.73. The Morgan fingerprint density at radius 1 is 1.07 bits per heavy atom. The molecule has 3 fully saturated rings. The number of piperidine rings is 1. The van der Waals surface area contributed by atoms with Gasteiger partial charge < -0.3 is 14.9 Å². The van der Waals surface area contributed by atoms with E-state index in [1.807, 2.05) is 0 Å². The first-order valence-electron chi connectivity index (χ1n) is 10.8. The first-order valence-corrected chi connectivity index (χ1v) is 10.8. The molecule has 3 aliphatic rings. The van der Waals surface area contributed by atoms with Crippen LogP contribution < -0.4 is 4.90 Å². The van der Waals surface area contributed by atoms with Gasteiger partial charge in [-0.2, -0.15) is 0 Å². The molecule has 0 bridgehead atoms. The van der Waals surface area contributed by atoms with Crippen LogP contribution in [0.2, 0.25) is 0 Å². The zero-order valence-electron chi connectivity index (χ0n) is 16.9. The summed E-state index contributed by atoms with van der Waals surface area (Å²) in [6.45, 7) is 10.3. The predicted octanol–water partition coefficient (Wildman–Crippen LogP) is 2.10. The Kier molecular flexibility index (Phi) is 5.95. The lowest BCUT2D eigenvalue weighted by molar-refractivity contribution is 0.0462. The molecule has 3 heterocycles. The Labute approximate surface area is 163 Å². The molecule has 4 rings (SSSR count). The van der Waals surface area contributed by atoms with Crippen LogP contribution in [0, 0.1) is 0 Å². The number of anilines is 1. The maximum Gasteiger partial charge on any atom is 0.132 e. The molecule has 2 aliphatic heterocycles. The van der Waals surface area contributed by atoms with Crippen LogP contribution >= 0.6 is 0 Å². The highest BCUT2D eigenvalue weighted by atomic mass is 16.3. The van der Waals surface area contributed by atoms with E-state index in [0.29, 0.717) is 24.0 Å². The fourth-order valence-electron chi connectivity index (χ4n) is 4.83. The zero-order valence-corrected chi connectivity index (χ0v) is 16.9. The molecule has 1 aromatic heterocycles. The highest BCUT2D eigenvalue weighted by molar-refractivity contribution is 5.41. The fourth-order valence-corrected chi connectivity index (χ4v) is 4.83. The third-order valence-corrected chi connectivity index (χ3v) is 6.68. The maximum atomic E-state index is 9.65. The van der Waals surface area contributed by atoms with Gasteiger partial charge in [0.15, 0.2) is 0 Å². The topological polar surface area (TPSA) is 55.7 Å². The zero-order chi connectivity index (χ0) is 18.8. The second-order valence-electron chi connectivity index (χ2n) is 8.79. The second-order valence-corrected chi connectivity index (χ2v) is 8.79. The molecule has 0 radical (unpaired) electrons. The van der Waals surface area contributed by atoms with Crippen molar-refractivity contribution in [3.8, 4) is 0 Å². The summed E-state index contributed by atoms with van der Waals surface area (Å²) in [7, 11) is 0. The molecule has 150 valence electrons. The van der Waals surface area contributed by atoms with Gasteiger partial charge in [0.25, 0.3) is 0 Å². The Morgan fingerprint density at radius 3 is 2.52 bits per heavy atom. The van der Waals surface area contributed by atoms with Gasteiger partial charge in [0.05, 0.1) is 0 Å². The Hall–Kier alpha value is -1.24. The molecular formula is C21H35N5O.